The van der Waals surface area contributed by atoms with Crippen molar-refractivity contribution in [2.24, 2.45) is 0 Å². The van der Waals surface area contributed by atoms with Crippen LogP contribution in [-0.2, 0) is 10.0 Å². The average Bonchev–Trinajstić information content (AvgIpc) is 3.31. The minimum atomic E-state index is -4.02. The monoisotopic (exact) mass is 459 g/mol. The molecule has 1 saturated carbocycles. The third-order valence-electron chi connectivity index (χ3n) is 6.24. The lowest BCUT2D eigenvalue weighted by molar-refractivity contribution is 0.133. The van der Waals surface area contributed by atoms with E-state index in [4.69, 9.17) is 0 Å². The van der Waals surface area contributed by atoms with Crippen molar-refractivity contribution < 1.29 is 22.7 Å². The van der Waals surface area contributed by atoms with E-state index in [9.17, 15) is 18.3 Å². The number of aromatic amines is 1. The molecule has 0 bridgehead atoms. The summed E-state index contributed by atoms with van der Waals surface area (Å²) in [5.41, 5.74) is 1.78. The van der Waals surface area contributed by atoms with E-state index in [2.05, 4.69) is 19.7 Å². The lowest BCUT2D eigenvalue weighted by atomic mass is 9.96. The average molecular weight is 460 g/mol. The Morgan fingerprint density at radius 3 is 2.75 bits per heavy atom. The maximum absolute atomic E-state index is 15.0. The lowest BCUT2D eigenvalue weighted by Crippen LogP contribution is -2.40. The Bertz CT molecular complexity index is 1410. The van der Waals surface area contributed by atoms with Gasteiger partial charge in [-0.05, 0) is 50.8 Å². The van der Waals surface area contributed by atoms with Crippen LogP contribution in [0.4, 0.5) is 9.18 Å². The largest absolute Gasteiger partial charge is 0.465 e. The van der Waals surface area contributed by atoms with E-state index in [1.54, 1.807) is 13.0 Å². The fraction of sp³-hybridized carbons (Fsp3) is 0.381. The van der Waals surface area contributed by atoms with Crippen molar-refractivity contribution in [2.45, 2.75) is 49.6 Å². The maximum Gasteiger partial charge on any atom is 0.407 e. The van der Waals surface area contributed by atoms with Crippen LogP contribution in [-0.4, -0.2) is 57.6 Å². The highest BCUT2D eigenvalue weighted by atomic mass is 32.2. The number of aromatic nitrogens is 3. The summed E-state index contributed by atoms with van der Waals surface area (Å²) in [6.45, 7) is 3.83. The third-order valence-corrected chi connectivity index (χ3v) is 7.90. The normalized spacial score (nSPS) is 20.5. The van der Waals surface area contributed by atoms with Gasteiger partial charge in [0, 0.05) is 29.0 Å². The van der Waals surface area contributed by atoms with E-state index in [-0.39, 0.29) is 12.6 Å². The van der Waals surface area contributed by atoms with Gasteiger partial charge in [0.05, 0.1) is 11.1 Å². The molecular formula is C21H22FN5O4S. The molecule has 0 unspecified atom stereocenters. The van der Waals surface area contributed by atoms with Gasteiger partial charge in [-0.25, -0.2) is 32.3 Å². The summed E-state index contributed by atoms with van der Waals surface area (Å²) in [5, 5.41) is 10.4. The number of fused-ring (bicyclic) bond motifs is 3. The van der Waals surface area contributed by atoms with Crippen LogP contribution in [0, 0.1) is 5.82 Å². The zero-order valence-electron chi connectivity index (χ0n) is 17.5. The van der Waals surface area contributed by atoms with Gasteiger partial charge in [-0.15, -0.1) is 0 Å². The molecule has 0 spiro atoms. The molecule has 2 aromatic heterocycles. The molecule has 3 aromatic rings. The Morgan fingerprint density at radius 2 is 2.09 bits per heavy atom. The number of nitrogens with zero attached hydrogens (tertiary/aromatic N) is 3. The summed E-state index contributed by atoms with van der Waals surface area (Å²) in [6, 6.07) is 2.24. The summed E-state index contributed by atoms with van der Waals surface area (Å²) in [6.07, 6.45) is 4.07. The summed E-state index contributed by atoms with van der Waals surface area (Å²) >= 11 is 0. The number of carbonyl (C=O) groups is 1. The Kier molecular flexibility index (Phi) is 4.54. The minimum Gasteiger partial charge on any atom is -0.465 e. The number of carboxylic acid groups (broad SMARTS) is 1. The second-order valence-electron chi connectivity index (χ2n) is 8.78. The first-order valence-corrected chi connectivity index (χ1v) is 11.8. The van der Waals surface area contributed by atoms with Crippen LogP contribution in [0.2, 0.25) is 0 Å². The number of hydrogen-bond acceptors (Lipinski definition) is 5. The fourth-order valence-corrected chi connectivity index (χ4v) is 5.76. The van der Waals surface area contributed by atoms with Crippen LogP contribution in [0.3, 0.4) is 0 Å². The molecule has 5 rings (SSSR count). The fourth-order valence-electron chi connectivity index (χ4n) is 4.21. The van der Waals surface area contributed by atoms with Gasteiger partial charge in [0.2, 0.25) is 10.0 Å². The maximum atomic E-state index is 15.0. The number of rotatable bonds is 4. The first-order chi connectivity index (χ1) is 15.1. The first kappa shape index (κ1) is 20.8. The van der Waals surface area contributed by atoms with Crippen LogP contribution >= 0.6 is 0 Å². The van der Waals surface area contributed by atoms with Crippen molar-refractivity contribution in [3.8, 4) is 0 Å². The van der Waals surface area contributed by atoms with Crippen molar-refractivity contribution in [3.05, 3.63) is 36.0 Å². The van der Waals surface area contributed by atoms with Crippen LogP contribution in [0.25, 0.3) is 27.5 Å². The van der Waals surface area contributed by atoms with Gasteiger partial charge < -0.3 is 15.0 Å². The van der Waals surface area contributed by atoms with Crippen LogP contribution in [0.5, 0.6) is 0 Å². The lowest BCUT2D eigenvalue weighted by Gasteiger charge is -2.30. The molecule has 0 radical (unpaired) electrons. The standard InChI is InChI=1S/C21H22FN5O4S/c1-11-7-12(3-6-27(11)20(28)29)18-17-13-8-14(22)16(32(30,31)26-21(2)4-5-21)9-15(13)25-19(17)24-10-23-18/h3,8-11,26H,4-7H2,1-2H3,(H,28,29)(H,23,24,25)/t11-/m0/s1. The molecule has 9 nitrogen and oxygen atoms in total. The molecule has 1 aliphatic heterocycles. The number of hydrogen-bond donors (Lipinski definition) is 3. The van der Waals surface area contributed by atoms with Gasteiger partial charge in [0.1, 0.15) is 22.7 Å². The number of benzene rings is 1. The number of halogens is 1. The smallest absolute Gasteiger partial charge is 0.407 e. The number of sulfonamides is 1. The minimum absolute atomic E-state index is 0.223. The second kappa shape index (κ2) is 6.97. The highest BCUT2D eigenvalue weighted by Crippen LogP contribution is 2.38. The van der Waals surface area contributed by atoms with Crippen LogP contribution in [0.15, 0.2) is 29.4 Å². The summed E-state index contributed by atoms with van der Waals surface area (Å²) in [5.74, 6) is -0.854. The van der Waals surface area contributed by atoms with E-state index in [0.29, 0.717) is 46.9 Å². The molecule has 3 N–H and O–H groups in total. The van der Waals surface area contributed by atoms with Gasteiger partial charge in [-0.3, -0.25) is 0 Å². The molecule has 1 atom stereocenters. The summed E-state index contributed by atoms with van der Waals surface area (Å²) in [4.78, 5) is 24.0. The topological polar surface area (TPSA) is 128 Å². The predicted octanol–water partition coefficient (Wildman–Crippen LogP) is 3.24. The van der Waals surface area contributed by atoms with Gasteiger partial charge in [-0.1, -0.05) is 6.08 Å². The van der Waals surface area contributed by atoms with Crippen molar-refractivity contribution >= 4 is 43.6 Å². The molecule has 0 saturated heterocycles. The number of nitrogens with one attached hydrogen (secondary N) is 2. The molecule has 3 heterocycles. The molecule has 1 aromatic carbocycles. The quantitative estimate of drug-likeness (QED) is 0.550. The van der Waals surface area contributed by atoms with Gasteiger partial charge in [-0.2, -0.15) is 0 Å². The molecule has 32 heavy (non-hydrogen) atoms. The predicted molar refractivity (Wildman–Crippen MR) is 116 cm³/mol. The van der Waals surface area contributed by atoms with Crippen molar-refractivity contribution in [1.29, 1.82) is 0 Å². The number of amides is 1. The zero-order chi connectivity index (χ0) is 22.8. The van der Waals surface area contributed by atoms with Gasteiger partial charge in [0.15, 0.2) is 0 Å². The van der Waals surface area contributed by atoms with Crippen LogP contribution in [0.1, 0.15) is 38.8 Å². The van der Waals surface area contributed by atoms with Crippen LogP contribution < -0.4 is 4.72 Å². The Hall–Kier alpha value is -3.05. The molecule has 2 aliphatic rings. The number of H-pyrrole nitrogens is 1. The Balaban J connectivity index is 1.63. The molecule has 1 aliphatic carbocycles. The van der Waals surface area contributed by atoms with E-state index < -0.39 is 32.4 Å². The zero-order valence-corrected chi connectivity index (χ0v) is 18.3. The second-order valence-corrected chi connectivity index (χ2v) is 10.4. The third kappa shape index (κ3) is 3.41. The molecule has 1 fully saturated rings. The molecule has 11 heteroatoms. The van der Waals surface area contributed by atoms with E-state index in [0.717, 1.165) is 5.57 Å². The van der Waals surface area contributed by atoms with E-state index in [1.807, 2.05) is 6.92 Å². The summed E-state index contributed by atoms with van der Waals surface area (Å²) < 4.78 is 43.1. The van der Waals surface area contributed by atoms with Crippen molar-refractivity contribution in [2.75, 3.05) is 6.54 Å². The Morgan fingerprint density at radius 1 is 1.34 bits per heavy atom. The van der Waals surface area contributed by atoms with Gasteiger partial charge >= 0.3 is 6.09 Å². The molecule has 168 valence electrons. The molecule has 1 amide bonds. The van der Waals surface area contributed by atoms with E-state index >= 15 is 4.39 Å². The SMILES string of the molecule is C[C@H]1CC(c2ncnc3[nH]c4cc(S(=O)(=O)NC5(C)CC5)c(F)cc4c23)=CCN1C(=O)O. The summed E-state index contributed by atoms with van der Waals surface area (Å²) in [7, 11) is -4.02. The van der Waals surface area contributed by atoms with Gasteiger partial charge in [0.25, 0.3) is 0 Å². The van der Waals surface area contributed by atoms with E-state index in [1.165, 1.54) is 23.4 Å². The first-order valence-electron chi connectivity index (χ1n) is 10.3. The van der Waals surface area contributed by atoms with Crippen molar-refractivity contribution in [3.63, 3.8) is 0 Å². The Labute approximate surface area is 183 Å². The highest BCUT2D eigenvalue weighted by Gasteiger charge is 2.42. The van der Waals surface area contributed by atoms with Crippen molar-refractivity contribution in [1.82, 2.24) is 24.6 Å². The molecular weight excluding hydrogens is 437 g/mol. The highest BCUT2D eigenvalue weighted by molar-refractivity contribution is 7.89.